The van der Waals surface area contributed by atoms with E-state index in [1.807, 2.05) is 13.0 Å². The average Bonchev–Trinajstić information content (AvgIpc) is 3.13. The number of rotatable bonds is 4. The molecule has 1 aliphatic rings. The molecule has 0 saturated carbocycles. The quantitative estimate of drug-likeness (QED) is 0.703. The summed E-state index contributed by atoms with van der Waals surface area (Å²) < 4.78 is 1.79. The molecular formula is C19H20ClN5O2S. The number of carbonyl (C=O) groups is 1. The summed E-state index contributed by atoms with van der Waals surface area (Å²) in [5.74, 6) is -0.316. The number of aryl methyl sites for hydroxylation is 1. The minimum absolute atomic E-state index is 0.121. The number of nitrogens with zero attached hydrogens (tertiary/aromatic N) is 4. The van der Waals surface area contributed by atoms with Crippen LogP contribution >= 0.6 is 22.9 Å². The van der Waals surface area contributed by atoms with Crippen LogP contribution in [0.3, 0.4) is 0 Å². The molecule has 0 spiro atoms. The van der Waals surface area contributed by atoms with Crippen molar-refractivity contribution >= 4 is 50.0 Å². The van der Waals surface area contributed by atoms with Crippen molar-refractivity contribution in [2.24, 2.45) is 0 Å². The molecule has 1 N–H and O–H groups in total. The normalized spacial score (nSPS) is 14.4. The van der Waals surface area contributed by atoms with E-state index in [9.17, 15) is 9.59 Å². The van der Waals surface area contributed by atoms with Gasteiger partial charge in [-0.2, -0.15) is 4.98 Å². The molecule has 146 valence electrons. The van der Waals surface area contributed by atoms with Crippen LogP contribution in [-0.4, -0.2) is 33.5 Å². The molecule has 4 rings (SSSR count). The number of nitrogens with one attached hydrogen (secondary N) is 1. The van der Waals surface area contributed by atoms with Crippen molar-refractivity contribution in [3.8, 4) is 0 Å². The number of hydrogen-bond donors (Lipinski definition) is 1. The maximum absolute atomic E-state index is 12.8. The summed E-state index contributed by atoms with van der Waals surface area (Å²) in [5, 5.41) is 4.17. The Hall–Kier alpha value is -2.45. The van der Waals surface area contributed by atoms with Crippen LogP contribution in [0.5, 0.6) is 0 Å². The average molecular weight is 418 g/mol. The molecule has 0 radical (unpaired) electrons. The number of piperidine rings is 1. The van der Waals surface area contributed by atoms with Crippen molar-refractivity contribution in [3.05, 3.63) is 45.5 Å². The molecule has 1 aromatic carbocycles. The lowest BCUT2D eigenvalue weighted by atomic mass is 10.1. The first kappa shape index (κ1) is 18.9. The zero-order valence-electron chi connectivity index (χ0n) is 15.4. The van der Waals surface area contributed by atoms with Gasteiger partial charge in [-0.25, -0.2) is 4.98 Å². The van der Waals surface area contributed by atoms with E-state index in [1.54, 1.807) is 12.1 Å². The number of anilines is 2. The number of carbonyl (C=O) groups excluding carboxylic acids is 1. The molecule has 0 aliphatic carbocycles. The van der Waals surface area contributed by atoms with Crippen LogP contribution in [-0.2, 0) is 11.3 Å². The molecule has 3 aromatic rings. The Morgan fingerprint density at radius 2 is 2.07 bits per heavy atom. The lowest BCUT2D eigenvalue weighted by molar-refractivity contribution is -0.116. The van der Waals surface area contributed by atoms with Crippen molar-refractivity contribution < 1.29 is 4.79 Å². The van der Waals surface area contributed by atoms with Crippen molar-refractivity contribution in [1.82, 2.24) is 14.5 Å². The van der Waals surface area contributed by atoms with E-state index in [2.05, 4.69) is 20.2 Å². The SMILES string of the molecule is Cc1ccc(NC(=O)Cn2cnc3nc(N4CCCCC4)sc3c2=O)cc1Cl. The maximum Gasteiger partial charge on any atom is 0.273 e. The van der Waals surface area contributed by atoms with Gasteiger partial charge in [0.25, 0.3) is 5.56 Å². The number of aromatic nitrogens is 3. The predicted octanol–water partition coefficient (Wildman–Crippen LogP) is 3.44. The summed E-state index contributed by atoms with van der Waals surface area (Å²) in [6.45, 7) is 3.68. The molecule has 2 aromatic heterocycles. The van der Waals surface area contributed by atoms with Crippen LogP contribution in [0, 0.1) is 6.92 Å². The molecule has 0 bridgehead atoms. The first-order chi connectivity index (χ1) is 13.5. The smallest absolute Gasteiger partial charge is 0.273 e. The van der Waals surface area contributed by atoms with Gasteiger partial charge in [0.05, 0.1) is 0 Å². The van der Waals surface area contributed by atoms with Gasteiger partial charge >= 0.3 is 0 Å². The fourth-order valence-corrected chi connectivity index (χ4v) is 4.40. The van der Waals surface area contributed by atoms with E-state index >= 15 is 0 Å². The van der Waals surface area contributed by atoms with Gasteiger partial charge in [-0.05, 0) is 43.9 Å². The molecule has 1 amide bonds. The molecular weight excluding hydrogens is 398 g/mol. The Morgan fingerprint density at radius 1 is 1.29 bits per heavy atom. The molecule has 7 nitrogen and oxygen atoms in total. The van der Waals surface area contributed by atoms with E-state index in [1.165, 1.54) is 28.7 Å². The highest BCUT2D eigenvalue weighted by molar-refractivity contribution is 7.22. The molecule has 1 aliphatic heterocycles. The monoisotopic (exact) mass is 417 g/mol. The van der Waals surface area contributed by atoms with Gasteiger partial charge in [0.1, 0.15) is 17.6 Å². The van der Waals surface area contributed by atoms with Gasteiger partial charge in [-0.1, -0.05) is 29.0 Å². The Bertz CT molecular complexity index is 1090. The fraction of sp³-hybridized carbons (Fsp3) is 0.368. The highest BCUT2D eigenvalue weighted by Crippen LogP contribution is 2.27. The maximum atomic E-state index is 12.8. The van der Waals surface area contributed by atoms with Crippen molar-refractivity contribution in [1.29, 1.82) is 0 Å². The third-order valence-corrected chi connectivity index (χ3v) is 6.27. The third kappa shape index (κ3) is 3.88. The third-order valence-electron chi connectivity index (χ3n) is 4.77. The number of hydrogen-bond acceptors (Lipinski definition) is 6. The van der Waals surface area contributed by atoms with Gasteiger partial charge in [0.2, 0.25) is 5.91 Å². The number of benzene rings is 1. The van der Waals surface area contributed by atoms with Crippen molar-refractivity contribution in [3.63, 3.8) is 0 Å². The largest absolute Gasteiger partial charge is 0.348 e. The minimum atomic E-state index is -0.316. The van der Waals surface area contributed by atoms with E-state index < -0.39 is 0 Å². The van der Waals surface area contributed by atoms with E-state index in [0.29, 0.717) is 21.1 Å². The summed E-state index contributed by atoms with van der Waals surface area (Å²) in [5.41, 5.74) is 1.72. The van der Waals surface area contributed by atoms with Crippen molar-refractivity contribution in [2.75, 3.05) is 23.3 Å². The second kappa shape index (κ2) is 7.89. The van der Waals surface area contributed by atoms with Crippen LogP contribution in [0.1, 0.15) is 24.8 Å². The topological polar surface area (TPSA) is 80.1 Å². The van der Waals surface area contributed by atoms with Gasteiger partial charge in [0, 0.05) is 23.8 Å². The number of fused-ring (bicyclic) bond motifs is 1. The lowest BCUT2D eigenvalue weighted by Gasteiger charge is -2.25. The van der Waals surface area contributed by atoms with Gasteiger partial charge in [-0.3, -0.25) is 14.2 Å². The number of amides is 1. The zero-order chi connectivity index (χ0) is 19.7. The van der Waals surface area contributed by atoms with Crippen molar-refractivity contribution in [2.45, 2.75) is 32.7 Å². The summed E-state index contributed by atoms with van der Waals surface area (Å²) in [4.78, 5) is 36.1. The molecule has 28 heavy (non-hydrogen) atoms. The minimum Gasteiger partial charge on any atom is -0.348 e. The van der Waals surface area contributed by atoms with E-state index in [-0.39, 0.29) is 18.0 Å². The predicted molar refractivity (Wildman–Crippen MR) is 113 cm³/mol. The Balaban J connectivity index is 1.53. The van der Waals surface area contributed by atoms with Crippen LogP contribution in [0.4, 0.5) is 10.8 Å². The van der Waals surface area contributed by atoms with Gasteiger partial charge in [0.15, 0.2) is 10.8 Å². The highest BCUT2D eigenvalue weighted by atomic mass is 35.5. The molecule has 3 heterocycles. The van der Waals surface area contributed by atoms with Crippen LogP contribution < -0.4 is 15.8 Å². The van der Waals surface area contributed by atoms with E-state index in [4.69, 9.17) is 11.6 Å². The summed E-state index contributed by atoms with van der Waals surface area (Å²) >= 11 is 7.44. The first-order valence-corrected chi connectivity index (χ1v) is 10.4. The van der Waals surface area contributed by atoms with Gasteiger partial charge < -0.3 is 10.2 Å². The summed E-state index contributed by atoms with van der Waals surface area (Å²) in [6, 6.07) is 5.29. The number of halogens is 1. The van der Waals surface area contributed by atoms with Gasteiger partial charge in [-0.15, -0.1) is 0 Å². The molecule has 0 atom stereocenters. The Morgan fingerprint density at radius 3 is 2.82 bits per heavy atom. The standard InChI is InChI=1S/C19H20ClN5O2S/c1-12-5-6-13(9-14(12)20)22-15(26)10-25-11-21-17-16(18(25)27)28-19(23-17)24-7-3-2-4-8-24/h5-6,9,11H,2-4,7-8,10H2,1H3,(H,22,26). The number of thiazole rings is 1. The molecule has 0 unspecified atom stereocenters. The lowest BCUT2D eigenvalue weighted by Crippen LogP contribution is -2.29. The van der Waals surface area contributed by atoms with Crippen LogP contribution in [0.15, 0.2) is 29.3 Å². The molecule has 9 heteroatoms. The van der Waals surface area contributed by atoms with Crippen LogP contribution in [0.25, 0.3) is 10.3 Å². The molecule has 1 saturated heterocycles. The zero-order valence-corrected chi connectivity index (χ0v) is 17.0. The Kier molecular flexibility index (Phi) is 5.32. The first-order valence-electron chi connectivity index (χ1n) is 9.18. The second-order valence-corrected chi connectivity index (χ2v) is 8.27. The fourth-order valence-electron chi connectivity index (χ4n) is 3.19. The summed E-state index contributed by atoms with van der Waals surface area (Å²) in [7, 11) is 0. The van der Waals surface area contributed by atoms with E-state index in [0.717, 1.165) is 36.6 Å². The second-order valence-electron chi connectivity index (χ2n) is 6.89. The highest BCUT2D eigenvalue weighted by Gasteiger charge is 2.18. The molecule has 1 fully saturated rings. The summed E-state index contributed by atoms with van der Waals surface area (Å²) in [6.07, 6.45) is 4.88. The van der Waals surface area contributed by atoms with Crippen LogP contribution in [0.2, 0.25) is 5.02 Å². The Labute approximate surface area is 171 Å².